The van der Waals surface area contributed by atoms with Crippen LogP contribution in [0.1, 0.15) is 36.6 Å². The number of aromatic nitrogens is 1. The van der Waals surface area contributed by atoms with E-state index in [-0.39, 0.29) is 12.1 Å². The number of hydrogen-bond donors (Lipinski definition) is 0. The van der Waals surface area contributed by atoms with Crippen molar-refractivity contribution in [2.24, 2.45) is 0 Å². The number of carbonyl (C=O) groups excluding carboxylic acids is 1. The van der Waals surface area contributed by atoms with E-state index in [2.05, 4.69) is 23.1 Å². The summed E-state index contributed by atoms with van der Waals surface area (Å²) in [6.45, 7) is 0.597. The quantitative estimate of drug-likeness (QED) is 0.578. The third-order valence-electron chi connectivity index (χ3n) is 5.76. The number of nitrogens with zero attached hydrogens (tertiary/aromatic N) is 2. The summed E-state index contributed by atoms with van der Waals surface area (Å²) in [4.78, 5) is 19.0. The van der Waals surface area contributed by atoms with Gasteiger partial charge in [-0.2, -0.15) is 0 Å². The molecular formula is C24H26N2O3. The molecule has 0 saturated carbocycles. The number of para-hydroxylation sites is 1. The molecule has 0 radical (unpaired) electrons. The van der Waals surface area contributed by atoms with E-state index < -0.39 is 0 Å². The zero-order valence-electron chi connectivity index (χ0n) is 16.9. The zero-order chi connectivity index (χ0) is 20.2. The number of rotatable bonds is 6. The lowest BCUT2D eigenvalue weighted by molar-refractivity contribution is -0.115. The second-order valence-electron chi connectivity index (χ2n) is 7.39. The summed E-state index contributed by atoms with van der Waals surface area (Å²) < 4.78 is 11.3. The van der Waals surface area contributed by atoms with Crippen molar-refractivity contribution in [1.82, 2.24) is 9.88 Å². The molecule has 1 aliphatic heterocycles. The van der Waals surface area contributed by atoms with Crippen LogP contribution >= 0.6 is 0 Å². The van der Waals surface area contributed by atoms with Crippen LogP contribution < -0.4 is 9.47 Å². The first-order valence-corrected chi connectivity index (χ1v) is 10.0. The summed E-state index contributed by atoms with van der Waals surface area (Å²) in [5, 5.41) is 1.12. The van der Waals surface area contributed by atoms with Gasteiger partial charge in [0.25, 0.3) is 0 Å². The molecule has 2 atom stereocenters. The second kappa shape index (κ2) is 8.62. The van der Waals surface area contributed by atoms with Gasteiger partial charge in [-0.15, -0.1) is 0 Å². The van der Waals surface area contributed by atoms with Gasteiger partial charge in [0.15, 0.2) is 0 Å². The molecule has 1 aromatic heterocycles. The molecule has 29 heavy (non-hydrogen) atoms. The fraction of sp³-hybridized carbons (Fsp3) is 0.333. The van der Waals surface area contributed by atoms with Crippen molar-refractivity contribution in [3.63, 3.8) is 0 Å². The highest BCUT2D eigenvalue weighted by Gasteiger charge is 2.35. The van der Waals surface area contributed by atoms with Crippen molar-refractivity contribution in [2.45, 2.75) is 37.9 Å². The maximum Gasteiger partial charge on any atom is 0.137 e. The monoisotopic (exact) mass is 390 g/mol. The molecule has 2 aromatic carbocycles. The molecule has 0 amide bonds. The smallest absolute Gasteiger partial charge is 0.137 e. The molecule has 5 heteroatoms. The van der Waals surface area contributed by atoms with Crippen LogP contribution in [0.3, 0.4) is 0 Å². The van der Waals surface area contributed by atoms with Crippen molar-refractivity contribution in [3.05, 3.63) is 65.9 Å². The molecule has 0 N–H and O–H groups in total. The van der Waals surface area contributed by atoms with Crippen molar-refractivity contribution in [1.29, 1.82) is 0 Å². The topological polar surface area (TPSA) is 51.7 Å². The number of hydrogen-bond acceptors (Lipinski definition) is 5. The van der Waals surface area contributed by atoms with Gasteiger partial charge in [-0.1, -0.05) is 30.3 Å². The Hall–Kier alpha value is -2.92. The van der Waals surface area contributed by atoms with Gasteiger partial charge in [0, 0.05) is 18.0 Å². The lowest BCUT2D eigenvalue weighted by Crippen LogP contribution is -2.42. The normalized spacial score (nSPS) is 19.8. The van der Waals surface area contributed by atoms with E-state index in [4.69, 9.17) is 14.5 Å². The van der Waals surface area contributed by atoms with Crippen LogP contribution in [-0.2, 0) is 11.3 Å². The summed E-state index contributed by atoms with van der Waals surface area (Å²) in [7, 11) is 3.35. The van der Waals surface area contributed by atoms with Crippen LogP contribution in [0.25, 0.3) is 10.9 Å². The highest BCUT2D eigenvalue weighted by atomic mass is 16.5. The molecule has 150 valence electrons. The Morgan fingerprint density at radius 2 is 1.76 bits per heavy atom. The van der Waals surface area contributed by atoms with Crippen LogP contribution in [0.4, 0.5) is 0 Å². The number of aldehydes is 1. The van der Waals surface area contributed by atoms with Crippen molar-refractivity contribution in [3.8, 4) is 11.5 Å². The second-order valence-corrected chi connectivity index (χ2v) is 7.39. The SMILES string of the molecule is COc1cccc(OC)c1[C@@H]1CCCC(C=O)N1Cc1ccc2ccccc2n1. The van der Waals surface area contributed by atoms with Crippen LogP contribution in [0, 0.1) is 0 Å². The number of pyridine rings is 1. The molecule has 3 aromatic rings. The maximum atomic E-state index is 11.9. The zero-order valence-corrected chi connectivity index (χ0v) is 16.9. The number of carbonyl (C=O) groups is 1. The van der Waals surface area contributed by atoms with Crippen LogP contribution in [0.15, 0.2) is 54.6 Å². The fourth-order valence-corrected chi connectivity index (χ4v) is 4.36. The number of benzene rings is 2. The highest BCUT2D eigenvalue weighted by molar-refractivity contribution is 5.78. The minimum atomic E-state index is -0.156. The minimum absolute atomic E-state index is 0.0262. The molecule has 1 unspecified atom stereocenters. The lowest BCUT2D eigenvalue weighted by Gasteiger charge is -2.40. The van der Waals surface area contributed by atoms with Crippen LogP contribution in [-0.4, -0.2) is 36.4 Å². The molecular weight excluding hydrogens is 364 g/mol. The van der Waals surface area contributed by atoms with E-state index in [1.807, 2.05) is 36.4 Å². The molecule has 1 fully saturated rings. The number of piperidine rings is 1. The molecule has 1 saturated heterocycles. The largest absolute Gasteiger partial charge is 0.496 e. The summed E-state index contributed by atoms with van der Waals surface area (Å²) in [6.07, 6.45) is 3.84. The van der Waals surface area contributed by atoms with Crippen molar-refractivity contribution in [2.75, 3.05) is 14.2 Å². The maximum absolute atomic E-state index is 11.9. The van der Waals surface area contributed by atoms with Gasteiger partial charge in [-0.3, -0.25) is 9.88 Å². The van der Waals surface area contributed by atoms with E-state index in [0.717, 1.165) is 59.2 Å². The Bertz CT molecular complexity index is 982. The van der Waals surface area contributed by atoms with Gasteiger partial charge in [0.2, 0.25) is 0 Å². The molecule has 0 bridgehead atoms. The lowest BCUT2D eigenvalue weighted by atomic mass is 9.89. The molecule has 2 heterocycles. The van der Waals surface area contributed by atoms with Crippen molar-refractivity contribution < 1.29 is 14.3 Å². The predicted molar refractivity (Wildman–Crippen MR) is 113 cm³/mol. The highest BCUT2D eigenvalue weighted by Crippen LogP contribution is 2.43. The Morgan fingerprint density at radius 3 is 2.48 bits per heavy atom. The van der Waals surface area contributed by atoms with E-state index in [0.29, 0.717) is 6.54 Å². The predicted octanol–water partition coefficient (Wildman–Crippen LogP) is 4.55. The minimum Gasteiger partial charge on any atom is -0.496 e. The van der Waals surface area contributed by atoms with Gasteiger partial charge in [-0.05, 0) is 43.5 Å². The van der Waals surface area contributed by atoms with Crippen LogP contribution in [0.2, 0.25) is 0 Å². The van der Waals surface area contributed by atoms with E-state index >= 15 is 0 Å². The van der Waals surface area contributed by atoms with Gasteiger partial charge in [0.05, 0.1) is 37.0 Å². The van der Waals surface area contributed by atoms with Crippen molar-refractivity contribution >= 4 is 17.2 Å². The van der Waals surface area contributed by atoms with Gasteiger partial charge in [-0.25, -0.2) is 0 Å². The Morgan fingerprint density at radius 1 is 1.00 bits per heavy atom. The number of ether oxygens (including phenoxy) is 2. The molecule has 1 aliphatic rings. The number of fused-ring (bicyclic) bond motifs is 1. The average Bonchev–Trinajstić information content (AvgIpc) is 2.78. The summed E-state index contributed by atoms with van der Waals surface area (Å²) >= 11 is 0. The first-order chi connectivity index (χ1) is 14.2. The summed E-state index contributed by atoms with van der Waals surface area (Å²) in [5.74, 6) is 1.58. The van der Waals surface area contributed by atoms with Gasteiger partial charge in [0.1, 0.15) is 17.8 Å². The standard InChI is InChI=1S/C24H26N2O3/c1-28-22-11-6-12-23(29-2)24(22)21-10-5-8-19(16-27)26(21)15-18-14-13-17-7-3-4-9-20(17)25-18/h3-4,6-7,9,11-14,16,19,21H,5,8,10,15H2,1-2H3/t19?,21-/m0/s1. The number of methoxy groups -OCH3 is 2. The summed E-state index contributed by atoms with van der Waals surface area (Å²) in [5.41, 5.74) is 2.93. The Balaban J connectivity index is 1.74. The number of likely N-dealkylation sites (tertiary alicyclic amines) is 1. The van der Waals surface area contributed by atoms with Crippen LogP contribution in [0.5, 0.6) is 11.5 Å². The fourth-order valence-electron chi connectivity index (χ4n) is 4.36. The molecule has 0 spiro atoms. The molecule has 4 rings (SSSR count). The summed E-state index contributed by atoms with van der Waals surface area (Å²) in [6, 6.07) is 17.9. The third-order valence-corrected chi connectivity index (χ3v) is 5.76. The Kier molecular flexibility index (Phi) is 5.76. The van der Waals surface area contributed by atoms with E-state index in [1.54, 1.807) is 14.2 Å². The van der Waals surface area contributed by atoms with Gasteiger partial charge < -0.3 is 14.3 Å². The first kappa shape index (κ1) is 19.4. The van der Waals surface area contributed by atoms with E-state index in [1.165, 1.54) is 0 Å². The van der Waals surface area contributed by atoms with Gasteiger partial charge >= 0.3 is 0 Å². The average molecular weight is 390 g/mol. The Labute approximate surface area is 171 Å². The van der Waals surface area contributed by atoms with E-state index in [9.17, 15) is 4.79 Å². The first-order valence-electron chi connectivity index (χ1n) is 10.0. The third kappa shape index (κ3) is 3.83. The molecule has 5 nitrogen and oxygen atoms in total. The molecule has 0 aliphatic carbocycles.